The molecule has 0 radical (unpaired) electrons. The lowest BCUT2D eigenvalue weighted by molar-refractivity contribution is -0.421. The summed E-state index contributed by atoms with van der Waals surface area (Å²) in [5.41, 5.74) is -3.44. The minimum Gasteiger partial charge on any atom is -0.425 e. The highest BCUT2D eigenvalue weighted by atomic mass is 19.2. The first-order chi connectivity index (χ1) is 11.5. The first-order valence-corrected chi connectivity index (χ1v) is 7.35. The third-order valence-electron chi connectivity index (χ3n) is 3.88. The van der Waals surface area contributed by atoms with E-state index in [1.165, 1.54) is 6.92 Å². The second-order valence-electron chi connectivity index (χ2n) is 5.87. The average Bonchev–Trinajstić information content (AvgIpc) is 2.81. The SMILES string of the molecule is CC(OC(=O)ON1C(=O)CCC1O)C1=C([N+](=O)[O-])C=C(F)C(C)(F)C1. The molecule has 11 heteroatoms. The van der Waals surface area contributed by atoms with Crippen LogP contribution in [0.5, 0.6) is 0 Å². The van der Waals surface area contributed by atoms with Gasteiger partial charge in [-0.15, -0.1) is 5.06 Å². The van der Waals surface area contributed by atoms with E-state index in [4.69, 9.17) is 4.74 Å². The van der Waals surface area contributed by atoms with E-state index in [2.05, 4.69) is 4.84 Å². The number of aliphatic hydroxyl groups is 1. The van der Waals surface area contributed by atoms with Crippen LogP contribution >= 0.6 is 0 Å². The molecule has 0 bridgehead atoms. The van der Waals surface area contributed by atoms with E-state index >= 15 is 0 Å². The molecule has 3 atom stereocenters. The van der Waals surface area contributed by atoms with E-state index in [1.54, 1.807) is 0 Å². The summed E-state index contributed by atoms with van der Waals surface area (Å²) in [5, 5.41) is 20.9. The molecule has 1 fully saturated rings. The Labute approximate surface area is 140 Å². The van der Waals surface area contributed by atoms with Crippen molar-refractivity contribution in [1.29, 1.82) is 0 Å². The molecule has 0 aromatic carbocycles. The second-order valence-corrected chi connectivity index (χ2v) is 5.87. The molecule has 138 valence electrons. The van der Waals surface area contributed by atoms with Crippen LogP contribution in [0.3, 0.4) is 0 Å². The van der Waals surface area contributed by atoms with Gasteiger partial charge in [-0.25, -0.2) is 13.6 Å². The monoisotopic (exact) mass is 362 g/mol. The number of carbonyl (C=O) groups is 2. The van der Waals surface area contributed by atoms with Crippen molar-refractivity contribution in [2.45, 2.75) is 51.1 Å². The number of allylic oxidation sites excluding steroid dienone is 2. The van der Waals surface area contributed by atoms with Crippen molar-refractivity contribution in [3.8, 4) is 0 Å². The molecule has 1 saturated heterocycles. The van der Waals surface area contributed by atoms with Crippen LogP contribution in [0, 0.1) is 10.1 Å². The maximum atomic E-state index is 14.1. The third-order valence-corrected chi connectivity index (χ3v) is 3.88. The molecule has 0 aromatic rings. The van der Waals surface area contributed by atoms with Gasteiger partial charge in [-0.2, -0.15) is 0 Å². The molecule has 1 aliphatic carbocycles. The van der Waals surface area contributed by atoms with Crippen molar-refractivity contribution in [1.82, 2.24) is 5.06 Å². The number of nitro groups is 1. The van der Waals surface area contributed by atoms with Crippen molar-refractivity contribution < 1.29 is 38.0 Å². The molecule has 0 aromatic heterocycles. The summed E-state index contributed by atoms with van der Waals surface area (Å²) in [7, 11) is 0. The molecule has 3 unspecified atom stereocenters. The van der Waals surface area contributed by atoms with E-state index in [0.29, 0.717) is 11.1 Å². The summed E-state index contributed by atoms with van der Waals surface area (Å²) < 4.78 is 32.5. The Bertz CT molecular complexity index is 674. The number of alkyl halides is 1. The Balaban J connectivity index is 2.13. The first-order valence-electron chi connectivity index (χ1n) is 7.35. The van der Waals surface area contributed by atoms with Crippen LogP contribution in [0.15, 0.2) is 23.2 Å². The molecule has 2 rings (SSSR count). The number of carbonyl (C=O) groups excluding carboxylic acids is 2. The lowest BCUT2D eigenvalue weighted by atomic mass is 9.88. The fourth-order valence-electron chi connectivity index (χ4n) is 2.49. The molecule has 2 aliphatic rings. The van der Waals surface area contributed by atoms with Gasteiger partial charge >= 0.3 is 6.16 Å². The highest BCUT2D eigenvalue weighted by molar-refractivity contribution is 5.78. The Hall–Kier alpha value is -2.56. The van der Waals surface area contributed by atoms with Crippen LogP contribution in [0.25, 0.3) is 0 Å². The van der Waals surface area contributed by atoms with Gasteiger partial charge in [0, 0.05) is 19.3 Å². The van der Waals surface area contributed by atoms with Gasteiger partial charge in [0.2, 0.25) is 0 Å². The summed E-state index contributed by atoms with van der Waals surface area (Å²) in [6, 6.07) is 0. The van der Waals surface area contributed by atoms with Crippen LogP contribution < -0.4 is 0 Å². The number of nitrogens with zero attached hydrogens (tertiary/aromatic N) is 2. The van der Waals surface area contributed by atoms with Crippen molar-refractivity contribution in [2.75, 3.05) is 0 Å². The molecule has 9 nitrogen and oxygen atoms in total. The standard InChI is InChI=1S/C14H16F2N2O7/c1-7(24-13(21)25-17-11(19)3-4-12(17)20)8-6-14(2,16)10(15)5-9(8)18(22)23/h5,7,11,19H,3-4,6H2,1-2H3. The molecule has 1 aliphatic heterocycles. The second kappa shape index (κ2) is 6.75. The minimum atomic E-state index is -2.47. The zero-order valence-corrected chi connectivity index (χ0v) is 13.4. The zero-order valence-electron chi connectivity index (χ0n) is 13.4. The van der Waals surface area contributed by atoms with Gasteiger partial charge in [0.05, 0.1) is 16.6 Å². The number of hydroxylamine groups is 2. The third kappa shape index (κ3) is 3.92. The Morgan fingerprint density at radius 3 is 2.76 bits per heavy atom. The number of amides is 1. The predicted octanol–water partition coefficient (Wildman–Crippen LogP) is 1.90. The van der Waals surface area contributed by atoms with Gasteiger partial charge in [-0.05, 0) is 13.8 Å². The maximum Gasteiger partial charge on any atom is 0.534 e. The Morgan fingerprint density at radius 1 is 1.60 bits per heavy atom. The highest BCUT2D eigenvalue weighted by Gasteiger charge is 2.42. The summed E-state index contributed by atoms with van der Waals surface area (Å²) in [6.45, 7) is 2.12. The zero-order chi connectivity index (χ0) is 18.9. The van der Waals surface area contributed by atoms with Crippen molar-refractivity contribution in [2.24, 2.45) is 0 Å². The summed E-state index contributed by atoms with van der Waals surface area (Å²) in [6.07, 6.45) is -4.24. The Morgan fingerprint density at radius 2 is 2.24 bits per heavy atom. The summed E-state index contributed by atoms with van der Waals surface area (Å²) in [4.78, 5) is 37.8. The van der Waals surface area contributed by atoms with Gasteiger partial charge in [0.25, 0.3) is 11.6 Å². The van der Waals surface area contributed by atoms with E-state index < -0.39 is 52.9 Å². The topological polar surface area (TPSA) is 119 Å². The largest absolute Gasteiger partial charge is 0.534 e. The number of hydrogen-bond acceptors (Lipinski definition) is 7. The molecule has 1 heterocycles. The number of rotatable bonds is 4. The molecule has 25 heavy (non-hydrogen) atoms. The normalized spacial score (nSPS) is 27.9. The summed E-state index contributed by atoms with van der Waals surface area (Å²) >= 11 is 0. The lowest BCUT2D eigenvalue weighted by Gasteiger charge is -2.26. The summed E-state index contributed by atoms with van der Waals surface area (Å²) in [5.74, 6) is -1.94. The molecule has 0 saturated carbocycles. The van der Waals surface area contributed by atoms with Crippen LogP contribution in [0.2, 0.25) is 0 Å². The van der Waals surface area contributed by atoms with Crippen LogP contribution in [-0.4, -0.2) is 45.2 Å². The molecular weight excluding hydrogens is 346 g/mol. The van der Waals surface area contributed by atoms with Gasteiger partial charge in [-0.1, -0.05) is 0 Å². The van der Waals surface area contributed by atoms with Crippen LogP contribution in [0.1, 0.15) is 33.1 Å². The smallest absolute Gasteiger partial charge is 0.425 e. The van der Waals surface area contributed by atoms with Gasteiger partial charge < -0.3 is 14.7 Å². The van der Waals surface area contributed by atoms with E-state index in [1.807, 2.05) is 0 Å². The maximum absolute atomic E-state index is 14.1. The van der Waals surface area contributed by atoms with E-state index in [9.17, 15) is 33.6 Å². The number of halogens is 2. The molecular formula is C14H16F2N2O7. The fraction of sp³-hybridized carbons (Fsp3) is 0.571. The number of aliphatic hydroxyl groups excluding tert-OH is 1. The van der Waals surface area contributed by atoms with E-state index in [-0.39, 0.29) is 18.4 Å². The van der Waals surface area contributed by atoms with Crippen molar-refractivity contribution in [3.63, 3.8) is 0 Å². The number of ether oxygens (including phenoxy) is 1. The van der Waals surface area contributed by atoms with Crippen molar-refractivity contribution >= 4 is 12.1 Å². The predicted molar refractivity (Wildman–Crippen MR) is 76.5 cm³/mol. The van der Waals surface area contributed by atoms with Crippen molar-refractivity contribution in [3.05, 3.63) is 33.3 Å². The average molecular weight is 362 g/mol. The highest BCUT2D eigenvalue weighted by Crippen LogP contribution is 2.38. The lowest BCUT2D eigenvalue weighted by Crippen LogP contribution is -2.37. The number of hydrogen-bond donors (Lipinski definition) is 1. The molecule has 0 spiro atoms. The van der Waals surface area contributed by atoms with Crippen LogP contribution in [0.4, 0.5) is 13.6 Å². The van der Waals surface area contributed by atoms with Gasteiger partial charge in [-0.3, -0.25) is 14.9 Å². The van der Waals surface area contributed by atoms with Gasteiger partial charge in [0.1, 0.15) is 11.9 Å². The van der Waals surface area contributed by atoms with E-state index in [0.717, 1.165) is 6.92 Å². The first kappa shape index (κ1) is 18.8. The molecule has 1 N–H and O–H groups in total. The minimum absolute atomic E-state index is 0.0229. The molecule has 1 amide bonds. The quantitative estimate of drug-likeness (QED) is 0.461. The Kier molecular flexibility index (Phi) is 5.07. The van der Waals surface area contributed by atoms with Crippen LogP contribution in [-0.2, 0) is 14.4 Å². The fourth-order valence-corrected chi connectivity index (χ4v) is 2.49. The van der Waals surface area contributed by atoms with Gasteiger partial charge in [0.15, 0.2) is 11.9 Å².